The molecule has 56 valence electrons. The van der Waals surface area contributed by atoms with E-state index in [4.69, 9.17) is 34.8 Å². The molecule has 0 fully saturated rings. The van der Waals surface area contributed by atoms with E-state index in [0.717, 1.165) is 0 Å². The first-order valence-corrected chi connectivity index (χ1v) is 4.06. The summed E-state index contributed by atoms with van der Waals surface area (Å²) in [5, 5.41) is -0.757. The molecular formula is C6H5Cl3O. The van der Waals surface area contributed by atoms with Crippen LogP contribution < -0.4 is 0 Å². The van der Waals surface area contributed by atoms with Gasteiger partial charge in [-0.2, -0.15) is 0 Å². The molecule has 0 bridgehead atoms. The number of ketones is 1. The van der Waals surface area contributed by atoms with Crippen LogP contribution in [0.15, 0.2) is 11.1 Å². The molecule has 0 saturated heterocycles. The van der Waals surface area contributed by atoms with E-state index in [-0.39, 0.29) is 16.2 Å². The lowest BCUT2D eigenvalue weighted by molar-refractivity contribution is -0.114. The Hall–Kier alpha value is 0.280. The molecule has 1 nitrogen and oxygen atoms in total. The van der Waals surface area contributed by atoms with Crippen LogP contribution in [-0.4, -0.2) is 16.5 Å². The average molecular weight is 199 g/mol. The third-order valence-electron chi connectivity index (χ3n) is 1.33. The van der Waals surface area contributed by atoms with Crippen LogP contribution in [0.2, 0.25) is 0 Å². The molecule has 10 heavy (non-hydrogen) atoms. The molecule has 0 radical (unpaired) electrons. The van der Waals surface area contributed by atoms with Crippen molar-refractivity contribution in [3.05, 3.63) is 11.1 Å². The summed E-state index contributed by atoms with van der Waals surface area (Å²) in [5.74, 6) is -0.269. The molecule has 0 aliphatic heterocycles. The summed E-state index contributed by atoms with van der Waals surface area (Å²) in [6.07, 6.45) is 2.17. The van der Waals surface area contributed by atoms with Crippen molar-refractivity contribution in [3.63, 3.8) is 0 Å². The molecule has 0 spiro atoms. The first kappa shape index (κ1) is 8.38. The fourth-order valence-corrected chi connectivity index (χ4v) is 1.42. The van der Waals surface area contributed by atoms with Crippen molar-refractivity contribution >= 4 is 40.6 Å². The highest BCUT2D eigenvalue weighted by Gasteiger charge is 2.29. The summed E-state index contributed by atoms with van der Waals surface area (Å²) in [6, 6.07) is 0. The van der Waals surface area contributed by atoms with Crippen LogP contribution in [0.25, 0.3) is 0 Å². The van der Waals surface area contributed by atoms with Crippen molar-refractivity contribution in [1.29, 1.82) is 0 Å². The minimum Gasteiger partial charge on any atom is -0.291 e. The Morgan fingerprint density at radius 2 is 2.10 bits per heavy atom. The van der Waals surface area contributed by atoms with Crippen LogP contribution in [-0.2, 0) is 4.79 Å². The maximum atomic E-state index is 10.9. The van der Waals surface area contributed by atoms with Crippen molar-refractivity contribution in [2.45, 2.75) is 17.2 Å². The Morgan fingerprint density at radius 1 is 1.50 bits per heavy atom. The Balaban J connectivity index is 2.81. The quantitative estimate of drug-likeness (QED) is 0.547. The van der Waals surface area contributed by atoms with E-state index >= 15 is 0 Å². The van der Waals surface area contributed by atoms with E-state index in [0.29, 0.717) is 6.42 Å². The minimum absolute atomic E-state index is 0.205. The predicted octanol–water partition coefficient (Wildman–Crippen LogP) is 2.30. The van der Waals surface area contributed by atoms with Crippen molar-refractivity contribution in [2.75, 3.05) is 0 Å². The summed E-state index contributed by atoms with van der Waals surface area (Å²) in [7, 11) is 0. The summed E-state index contributed by atoms with van der Waals surface area (Å²) in [4.78, 5) is 10.9. The highest BCUT2D eigenvalue weighted by molar-refractivity contribution is 6.50. The lowest BCUT2D eigenvalue weighted by Gasteiger charge is -2.17. The molecule has 0 saturated carbocycles. The molecule has 0 N–H and O–H groups in total. The van der Waals surface area contributed by atoms with Gasteiger partial charge in [0.15, 0.2) is 5.78 Å². The standard InChI is InChI=1S/C6H5Cl3O/c7-3-1-2-4(8)6(10)5(3)9/h2-3,5H,1H2. The summed E-state index contributed by atoms with van der Waals surface area (Å²) < 4.78 is 0. The van der Waals surface area contributed by atoms with Crippen LogP contribution in [0, 0.1) is 0 Å². The van der Waals surface area contributed by atoms with Gasteiger partial charge in [-0.1, -0.05) is 17.7 Å². The number of alkyl halides is 2. The van der Waals surface area contributed by atoms with E-state index in [9.17, 15) is 4.79 Å². The van der Waals surface area contributed by atoms with Gasteiger partial charge in [-0.25, -0.2) is 0 Å². The van der Waals surface area contributed by atoms with E-state index in [1.165, 1.54) is 0 Å². The molecule has 2 unspecified atom stereocenters. The molecule has 0 aromatic heterocycles. The van der Waals surface area contributed by atoms with Gasteiger partial charge < -0.3 is 0 Å². The van der Waals surface area contributed by atoms with E-state index in [1.807, 2.05) is 0 Å². The number of rotatable bonds is 0. The Kier molecular flexibility index (Phi) is 2.61. The molecule has 0 aromatic carbocycles. The van der Waals surface area contributed by atoms with Crippen LogP contribution in [0.4, 0.5) is 0 Å². The fourth-order valence-electron chi connectivity index (χ4n) is 0.732. The molecule has 4 heteroatoms. The van der Waals surface area contributed by atoms with Gasteiger partial charge in [-0.15, -0.1) is 23.2 Å². The van der Waals surface area contributed by atoms with Crippen LogP contribution >= 0.6 is 34.8 Å². The molecule has 1 rings (SSSR count). The number of halogens is 3. The zero-order chi connectivity index (χ0) is 7.72. The number of hydrogen-bond acceptors (Lipinski definition) is 1. The lowest BCUT2D eigenvalue weighted by atomic mass is 10.1. The number of hydrogen-bond donors (Lipinski definition) is 0. The van der Waals surface area contributed by atoms with Crippen molar-refractivity contribution in [1.82, 2.24) is 0 Å². The zero-order valence-electron chi connectivity index (χ0n) is 4.98. The lowest BCUT2D eigenvalue weighted by Crippen LogP contribution is -2.28. The predicted molar refractivity (Wildman–Crippen MR) is 42.8 cm³/mol. The molecule has 2 atom stereocenters. The third-order valence-corrected chi connectivity index (χ3v) is 2.73. The van der Waals surface area contributed by atoms with Gasteiger partial charge in [-0.05, 0) is 6.42 Å². The molecule has 1 aliphatic carbocycles. The van der Waals surface area contributed by atoms with Gasteiger partial charge in [0.05, 0.1) is 10.4 Å². The van der Waals surface area contributed by atoms with Crippen LogP contribution in [0.3, 0.4) is 0 Å². The second-order valence-corrected chi connectivity index (χ2v) is 3.51. The number of carbonyl (C=O) groups is 1. The summed E-state index contributed by atoms with van der Waals surface area (Å²) in [5.41, 5.74) is 0. The van der Waals surface area contributed by atoms with Crippen molar-refractivity contribution < 1.29 is 4.79 Å². The SMILES string of the molecule is O=C1C(Cl)=CCC(Cl)C1Cl. The van der Waals surface area contributed by atoms with Gasteiger partial charge >= 0.3 is 0 Å². The molecule has 1 aliphatic rings. The zero-order valence-corrected chi connectivity index (χ0v) is 7.25. The van der Waals surface area contributed by atoms with E-state index in [2.05, 4.69) is 0 Å². The van der Waals surface area contributed by atoms with Crippen LogP contribution in [0.5, 0.6) is 0 Å². The molecule has 0 aromatic rings. The van der Waals surface area contributed by atoms with Crippen molar-refractivity contribution in [2.24, 2.45) is 0 Å². The van der Waals surface area contributed by atoms with Crippen molar-refractivity contribution in [3.8, 4) is 0 Å². The molecular weight excluding hydrogens is 194 g/mol. The largest absolute Gasteiger partial charge is 0.291 e. The summed E-state index contributed by atoms with van der Waals surface area (Å²) >= 11 is 16.8. The summed E-state index contributed by atoms with van der Waals surface area (Å²) in [6.45, 7) is 0. The Labute approximate surface area is 73.9 Å². The third kappa shape index (κ3) is 1.47. The number of Topliss-reactive ketones (excluding diaryl/α,β-unsaturated/α-hetero) is 1. The first-order valence-electron chi connectivity index (χ1n) is 2.81. The normalized spacial score (nSPS) is 33.9. The smallest absolute Gasteiger partial charge is 0.193 e. The molecule has 0 amide bonds. The van der Waals surface area contributed by atoms with Crippen LogP contribution in [0.1, 0.15) is 6.42 Å². The Morgan fingerprint density at radius 3 is 2.60 bits per heavy atom. The number of allylic oxidation sites excluding steroid dienone is 2. The van der Waals surface area contributed by atoms with E-state index < -0.39 is 5.38 Å². The first-order chi connectivity index (χ1) is 4.63. The van der Waals surface area contributed by atoms with Gasteiger partial charge in [-0.3, -0.25) is 4.79 Å². The van der Waals surface area contributed by atoms with Gasteiger partial charge in [0, 0.05) is 0 Å². The average Bonchev–Trinajstić information content (AvgIpc) is 1.93. The van der Waals surface area contributed by atoms with E-state index in [1.54, 1.807) is 6.08 Å². The monoisotopic (exact) mass is 198 g/mol. The topological polar surface area (TPSA) is 17.1 Å². The second-order valence-electron chi connectivity index (χ2n) is 2.07. The van der Waals surface area contributed by atoms with Gasteiger partial charge in [0.2, 0.25) is 0 Å². The second kappa shape index (κ2) is 3.12. The van der Waals surface area contributed by atoms with Gasteiger partial charge in [0.25, 0.3) is 0 Å². The maximum absolute atomic E-state index is 10.9. The van der Waals surface area contributed by atoms with Gasteiger partial charge in [0.1, 0.15) is 5.38 Å². The highest BCUT2D eigenvalue weighted by Crippen LogP contribution is 2.25. The number of carbonyl (C=O) groups excluding carboxylic acids is 1. The Bertz CT molecular complexity index is 187. The maximum Gasteiger partial charge on any atom is 0.193 e. The molecule has 0 heterocycles. The minimum atomic E-state index is -0.654. The highest BCUT2D eigenvalue weighted by atomic mass is 35.5. The fraction of sp³-hybridized carbons (Fsp3) is 0.500.